The zero-order valence-corrected chi connectivity index (χ0v) is 29.0. The van der Waals surface area contributed by atoms with Crippen LogP contribution in [0.4, 0.5) is 54.5 Å². The highest BCUT2D eigenvalue weighted by Crippen LogP contribution is 2.39. The van der Waals surface area contributed by atoms with E-state index < -0.39 is 48.0 Å². The lowest BCUT2D eigenvalue weighted by atomic mass is 9.97. The van der Waals surface area contributed by atoms with Crippen LogP contribution in [0.15, 0.2) is 36.8 Å². The predicted octanol–water partition coefficient (Wildman–Crippen LogP) is 6.19. The summed E-state index contributed by atoms with van der Waals surface area (Å²) in [5.74, 6) is -0.510. The van der Waals surface area contributed by atoms with Crippen LogP contribution in [0.2, 0.25) is 5.02 Å². The molecule has 3 aliphatic heterocycles. The van der Waals surface area contributed by atoms with Crippen molar-refractivity contribution in [2.75, 3.05) is 59.4 Å². The maximum atomic E-state index is 13.8. The molecule has 5 heterocycles. The number of carboxylic acids is 1. The summed E-state index contributed by atoms with van der Waals surface area (Å²) in [6.07, 6.45) is -3.95. The maximum absolute atomic E-state index is 13.8. The molecule has 3 aromatic rings. The van der Waals surface area contributed by atoms with Gasteiger partial charge in [0.1, 0.15) is 5.02 Å². The summed E-state index contributed by atoms with van der Waals surface area (Å²) >= 11 is 6.65. The van der Waals surface area contributed by atoms with E-state index in [1.165, 1.54) is 28.4 Å². The molecule has 2 amide bonds. The SMILES string of the molecule is CCC1CC(N(Cc2cc(C(F)(F)F)cc(C(F)(F)F)c2)c2ncc(N3CCN(C)C3=O)cn2)CN1c1nc(N2CCC(C(=O)O)CC2)ncc1Cl. The van der Waals surface area contributed by atoms with Crippen LogP contribution in [-0.4, -0.2) is 93.8 Å². The first-order chi connectivity index (χ1) is 24.5. The number of hydrogen-bond acceptors (Lipinski definition) is 9. The van der Waals surface area contributed by atoms with Crippen molar-refractivity contribution < 1.29 is 41.0 Å². The van der Waals surface area contributed by atoms with Crippen LogP contribution in [-0.2, 0) is 23.7 Å². The molecule has 0 radical (unpaired) electrons. The number of halogens is 7. The number of anilines is 4. The van der Waals surface area contributed by atoms with Crippen LogP contribution in [0.25, 0.3) is 0 Å². The van der Waals surface area contributed by atoms with Crippen molar-refractivity contribution in [3.8, 4) is 0 Å². The molecular formula is C33H36ClF6N9O3. The minimum atomic E-state index is -5.03. The molecule has 1 N–H and O–H groups in total. The summed E-state index contributed by atoms with van der Waals surface area (Å²) in [5.41, 5.74) is -2.72. The van der Waals surface area contributed by atoms with Crippen molar-refractivity contribution in [1.82, 2.24) is 24.8 Å². The molecule has 3 saturated heterocycles. The number of amides is 2. The standard InChI is InChI=1S/C33H36ClF6N9O3/c1-3-23-13-24(18-48(23)27-26(34)16-43-30(44-27)46-6-4-20(5-7-46)28(50)51)49(29-41-14-25(15-42-29)47-9-8-45(2)31(47)52)17-19-10-21(32(35,36)37)12-22(11-19)33(38,39)40/h10-12,14-16,20,23-24H,3-9,13,17-18H2,1-2H3,(H,50,51). The van der Waals surface area contributed by atoms with Gasteiger partial charge in [-0.25, -0.2) is 19.7 Å². The first-order valence-corrected chi connectivity index (χ1v) is 17.1. The Morgan fingerprint density at radius 3 is 2.13 bits per heavy atom. The first kappa shape index (κ1) is 37.2. The molecule has 1 aromatic carbocycles. The van der Waals surface area contributed by atoms with E-state index in [4.69, 9.17) is 16.6 Å². The Morgan fingerprint density at radius 1 is 0.962 bits per heavy atom. The largest absolute Gasteiger partial charge is 0.481 e. The Morgan fingerprint density at radius 2 is 1.60 bits per heavy atom. The van der Waals surface area contributed by atoms with E-state index in [0.29, 0.717) is 81.4 Å². The average molecular weight is 756 g/mol. The van der Waals surface area contributed by atoms with Gasteiger partial charge in [0.25, 0.3) is 0 Å². The van der Waals surface area contributed by atoms with Crippen LogP contribution in [0.3, 0.4) is 0 Å². The molecule has 2 atom stereocenters. The number of aliphatic carboxylic acids is 1. The quantitative estimate of drug-likeness (QED) is 0.253. The van der Waals surface area contributed by atoms with E-state index in [2.05, 4.69) is 15.0 Å². The number of rotatable bonds is 9. The van der Waals surface area contributed by atoms with Crippen molar-refractivity contribution >= 4 is 47.0 Å². The normalized spacial score (nSPS) is 20.3. The summed E-state index contributed by atoms with van der Waals surface area (Å²) in [7, 11) is 1.65. The molecule has 19 heteroatoms. The molecule has 2 aromatic heterocycles. The van der Waals surface area contributed by atoms with Gasteiger partial charge in [0.2, 0.25) is 11.9 Å². The number of nitrogens with zero attached hydrogens (tertiary/aromatic N) is 9. The van der Waals surface area contributed by atoms with E-state index in [9.17, 15) is 41.0 Å². The fourth-order valence-electron chi connectivity index (χ4n) is 6.95. The van der Waals surface area contributed by atoms with Crippen LogP contribution >= 0.6 is 11.6 Å². The number of benzene rings is 1. The predicted molar refractivity (Wildman–Crippen MR) is 179 cm³/mol. The van der Waals surface area contributed by atoms with Crippen molar-refractivity contribution in [3.05, 3.63) is 58.5 Å². The van der Waals surface area contributed by atoms with Crippen molar-refractivity contribution in [3.63, 3.8) is 0 Å². The third kappa shape index (κ3) is 7.76. The zero-order valence-electron chi connectivity index (χ0n) is 28.2. The Kier molecular flexibility index (Phi) is 10.3. The molecule has 12 nitrogen and oxygen atoms in total. The number of likely N-dealkylation sites (N-methyl/N-ethyl adjacent to an activating group) is 1. The number of carboxylic acid groups (broad SMARTS) is 1. The number of alkyl halides is 6. The summed E-state index contributed by atoms with van der Waals surface area (Å²) in [6, 6.07) is 0.490. The Bertz CT molecular complexity index is 1760. The lowest BCUT2D eigenvalue weighted by molar-refractivity contribution is -0.144. The van der Waals surface area contributed by atoms with E-state index in [0.717, 1.165) is 0 Å². The number of aromatic nitrogens is 4. The lowest BCUT2D eigenvalue weighted by Crippen LogP contribution is -2.39. The van der Waals surface area contributed by atoms with Gasteiger partial charge >= 0.3 is 24.4 Å². The van der Waals surface area contributed by atoms with E-state index in [-0.39, 0.29) is 41.2 Å². The number of urea groups is 1. The Hall–Kier alpha value is -4.61. The monoisotopic (exact) mass is 755 g/mol. The number of carbonyl (C=O) groups is 2. The number of hydrogen-bond donors (Lipinski definition) is 1. The minimum absolute atomic E-state index is 0.0483. The van der Waals surface area contributed by atoms with E-state index in [1.807, 2.05) is 16.7 Å². The molecule has 0 bridgehead atoms. The lowest BCUT2D eigenvalue weighted by Gasteiger charge is -2.32. The fraction of sp³-hybridized carbons (Fsp3) is 0.515. The molecule has 280 valence electrons. The van der Waals surface area contributed by atoms with Crippen LogP contribution in [0, 0.1) is 5.92 Å². The van der Waals surface area contributed by atoms with Crippen LogP contribution in [0.5, 0.6) is 0 Å². The van der Waals surface area contributed by atoms with Gasteiger partial charge in [-0.15, -0.1) is 0 Å². The third-order valence-corrected chi connectivity index (χ3v) is 10.1. The van der Waals surface area contributed by atoms with Gasteiger partial charge in [0, 0.05) is 52.4 Å². The summed E-state index contributed by atoms with van der Waals surface area (Å²) < 4.78 is 83.1. The summed E-state index contributed by atoms with van der Waals surface area (Å²) in [6.45, 7) is 3.48. The first-order valence-electron chi connectivity index (χ1n) is 16.7. The number of piperidine rings is 1. The van der Waals surface area contributed by atoms with Crippen LogP contribution < -0.4 is 19.6 Å². The van der Waals surface area contributed by atoms with Gasteiger partial charge in [0.15, 0.2) is 5.82 Å². The van der Waals surface area contributed by atoms with Gasteiger partial charge in [0.05, 0.1) is 47.4 Å². The molecule has 3 aliphatic rings. The molecule has 3 fully saturated rings. The fourth-order valence-corrected chi connectivity index (χ4v) is 7.15. The average Bonchev–Trinajstić information content (AvgIpc) is 3.69. The second-order valence-electron chi connectivity index (χ2n) is 13.2. The molecule has 6 rings (SSSR count). The van der Waals surface area contributed by atoms with E-state index >= 15 is 0 Å². The summed E-state index contributed by atoms with van der Waals surface area (Å²) in [5, 5.41) is 9.64. The molecule has 0 spiro atoms. The molecular weight excluding hydrogens is 720 g/mol. The third-order valence-electron chi connectivity index (χ3n) is 9.83. The Balaban J connectivity index is 1.34. The Labute approximate surface area is 300 Å². The highest BCUT2D eigenvalue weighted by molar-refractivity contribution is 6.32. The van der Waals surface area contributed by atoms with Crippen molar-refractivity contribution in [1.29, 1.82) is 0 Å². The zero-order chi connectivity index (χ0) is 37.5. The second kappa shape index (κ2) is 14.4. The van der Waals surface area contributed by atoms with Gasteiger partial charge < -0.3 is 24.7 Å². The second-order valence-corrected chi connectivity index (χ2v) is 13.6. The molecule has 2 unspecified atom stereocenters. The maximum Gasteiger partial charge on any atom is 0.416 e. The summed E-state index contributed by atoms with van der Waals surface area (Å²) in [4.78, 5) is 50.5. The van der Waals surface area contributed by atoms with Gasteiger partial charge in [-0.2, -0.15) is 31.3 Å². The van der Waals surface area contributed by atoms with Gasteiger partial charge in [-0.1, -0.05) is 18.5 Å². The molecule has 0 saturated carbocycles. The van der Waals surface area contributed by atoms with Crippen LogP contribution in [0.1, 0.15) is 49.3 Å². The van der Waals surface area contributed by atoms with Crippen molar-refractivity contribution in [2.24, 2.45) is 5.92 Å². The minimum Gasteiger partial charge on any atom is -0.481 e. The molecule has 0 aliphatic carbocycles. The highest BCUT2D eigenvalue weighted by atomic mass is 35.5. The molecule has 52 heavy (non-hydrogen) atoms. The van der Waals surface area contributed by atoms with E-state index in [1.54, 1.807) is 11.9 Å². The smallest absolute Gasteiger partial charge is 0.416 e. The van der Waals surface area contributed by atoms with Gasteiger partial charge in [-0.3, -0.25) is 9.69 Å². The highest BCUT2D eigenvalue weighted by Gasteiger charge is 2.40. The van der Waals surface area contributed by atoms with Crippen molar-refractivity contribution in [2.45, 2.75) is 63.6 Å². The number of carbonyl (C=O) groups excluding carboxylic acids is 1. The topological polar surface area (TPSA) is 122 Å². The van der Waals surface area contributed by atoms with Gasteiger partial charge in [-0.05, 0) is 49.4 Å².